The molecule has 0 saturated heterocycles. The standard InChI is InChI=1S/C14H12N6O2/c1-9-16-18-14-5-4-13(19-20(9)14)17-15-7-10-2-3-11-12(6-10)22-8-21-11/h2-7H,8H2,1H3,(H,17,19)/b15-7+. The molecule has 2 aromatic heterocycles. The quantitative estimate of drug-likeness (QED) is 0.583. The molecule has 8 nitrogen and oxygen atoms in total. The van der Waals surface area contributed by atoms with Crippen LogP contribution in [0.4, 0.5) is 5.82 Å². The molecule has 3 heterocycles. The predicted molar refractivity (Wildman–Crippen MR) is 79.3 cm³/mol. The molecule has 0 atom stereocenters. The Kier molecular flexibility index (Phi) is 2.85. The molecule has 8 heteroatoms. The Balaban J connectivity index is 1.52. The number of aromatic nitrogens is 4. The summed E-state index contributed by atoms with van der Waals surface area (Å²) in [5.41, 5.74) is 4.48. The number of anilines is 1. The van der Waals surface area contributed by atoms with E-state index in [-0.39, 0.29) is 6.79 Å². The van der Waals surface area contributed by atoms with Gasteiger partial charge in [0.25, 0.3) is 0 Å². The van der Waals surface area contributed by atoms with Gasteiger partial charge >= 0.3 is 0 Å². The predicted octanol–water partition coefficient (Wildman–Crippen LogP) is 1.61. The lowest BCUT2D eigenvalue weighted by atomic mass is 10.2. The molecule has 1 aliphatic rings. The number of nitrogens with one attached hydrogen (secondary N) is 1. The van der Waals surface area contributed by atoms with Crippen molar-refractivity contribution in [3.05, 3.63) is 41.7 Å². The van der Waals surface area contributed by atoms with E-state index < -0.39 is 0 Å². The highest BCUT2D eigenvalue weighted by atomic mass is 16.7. The number of benzene rings is 1. The molecule has 1 N–H and O–H groups in total. The van der Waals surface area contributed by atoms with Crippen molar-refractivity contribution in [3.63, 3.8) is 0 Å². The molecule has 3 aromatic rings. The Labute approximate surface area is 125 Å². The number of ether oxygens (including phenoxy) is 2. The lowest BCUT2D eigenvalue weighted by Gasteiger charge is -2.01. The van der Waals surface area contributed by atoms with Gasteiger partial charge in [0.15, 0.2) is 28.8 Å². The minimum absolute atomic E-state index is 0.260. The van der Waals surface area contributed by atoms with Crippen LogP contribution in [0, 0.1) is 6.92 Å². The summed E-state index contributed by atoms with van der Waals surface area (Å²) in [6.45, 7) is 2.10. The Morgan fingerprint density at radius 1 is 1.18 bits per heavy atom. The van der Waals surface area contributed by atoms with Crippen LogP contribution < -0.4 is 14.9 Å². The van der Waals surface area contributed by atoms with Crippen molar-refractivity contribution >= 4 is 17.7 Å². The van der Waals surface area contributed by atoms with Gasteiger partial charge in [0.2, 0.25) is 6.79 Å². The second kappa shape index (κ2) is 4.99. The summed E-state index contributed by atoms with van der Waals surface area (Å²) in [7, 11) is 0. The summed E-state index contributed by atoms with van der Waals surface area (Å²) in [6.07, 6.45) is 1.69. The maximum Gasteiger partial charge on any atom is 0.231 e. The monoisotopic (exact) mass is 296 g/mol. The summed E-state index contributed by atoms with van der Waals surface area (Å²) in [6, 6.07) is 9.24. The highest BCUT2D eigenvalue weighted by molar-refractivity contribution is 5.81. The lowest BCUT2D eigenvalue weighted by molar-refractivity contribution is 0.174. The van der Waals surface area contributed by atoms with Crippen molar-refractivity contribution in [3.8, 4) is 11.5 Å². The van der Waals surface area contributed by atoms with Gasteiger partial charge in [-0.3, -0.25) is 5.43 Å². The van der Waals surface area contributed by atoms with Crippen molar-refractivity contribution in [2.45, 2.75) is 6.92 Å². The van der Waals surface area contributed by atoms with Crippen molar-refractivity contribution < 1.29 is 9.47 Å². The summed E-state index contributed by atoms with van der Waals surface area (Å²) >= 11 is 0. The van der Waals surface area contributed by atoms with Crippen LogP contribution in [-0.4, -0.2) is 32.8 Å². The van der Waals surface area contributed by atoms with Crippen LogP contribution >= 0.6 is 0 Å². The molecule has 0 spiro atoms. The Morgan fingerprint density at radius 3 is 3.05 bits per heavy atom. The van der Waals surface area contributed by atoms with Crippen LogP contribution in [0.2, 0.25) is 0 Å². The molecule has 0 aliphatic carbocycles. The Hall–Kier alpha value is -3.16. The maximum absolute atomic E-state index is 5.32. The van der Waals surface area contributed by atoms with Gasteiger partial charge in [-0.25, -0.2) is 0 Å². The van der Waals surface area contributed by atoms with Crippen molar-refractivity contribution in [1.29, 1.82) is 0 Å². The smallest absolute Gasteiger partial charge is 0.231 e. The maximum atomic E-state index is 5.32. The van der Waals surface area contributed by atoms with E-state index >= 15 is 0 Å². The van der Waals surface area contributed by atoms with Gasteiger partial charge in [0.05, 0.1) is 6.21 Å². The van der Waals surface area contributed by atoms with E-state index in [1.54, 1.807) is 16.8 Å². The molecule has 0 amide bonds. The van der Waals surface area contributed by atoms with E-state index in [4.69, 9.17) is 9.47 Å². The molecule has 0 saturated carbocycles. The number of aryl methyl sites for hydroxylation is 1. The summed E-state index contributed by atoms with van der Waals surface area (Å²) in [5, 5.41) is 16.5. The van der Waals surface area contributed by atoms with Crippen LogP contribution in [0.3, 0.4) is 0 Å². The van der Waals surface area contributed by atoms with Gasteiger partial charge in [0.1, 0.15) is 0 Å². The average molecular weight is 296 g/mol. The van der Waals surface area contributed by atoms with E-state index in [1.807, 2.05) is 31.2 Å². The molecule has 1 aromatic carbocycles. The van der Waals surface area contributed by atoms with E-state index in [2.05, 4.69) is 25.8 Å². The second-order valence-electron chi connectivity index (χ2n) is 4.72. The van der Waals surface area contributed by atoms with Crippen LogP contribution in [0.5, 0.6) is 11.5 Å². The third kappa shape index (κ3) is 2.20. The van der Waals surface area contributed by atoms with E-state index in [0.717, 1.165) is 22.9 Å². The van der Waals surface area contributed by atoms with Gasteiger partial charge in [-0.05, 0) is 42.8 Å². The third-order valence-electron chi connectivity index (χ3n) is 3.21. The van der Waals surface area contributed by atoms with E-state index in [0.29, 0.717) is 11.5 Å². The normalized spacial score (nSPS) is 13.1. The summed E-state index contributed by atoms with van der Waals surface area (Å²) in [5.74, 6) is 2.80. The van der Waals surface area contributed by atoms with Crippen molar-refractivity contribution in [2.24, 2.45) is 5.10 Å². The van der Waals surface area contributed by atoms with Gasteiger partial charge in [-0.2, -0.15) is 9.62 Å². The largest absolute Gasteiger partial charge is 0.454 e. The first-order chi connectivity index (χ1) is 10.8. The number of rotatable bonds is 3. The number of hydrogen-bond acceptors (Lipinski definition) is 7. The first-order valence-corrected chi connectivity index (χ1v) is 6.67. The summed E-state index contributed by atoms with van der Waals surface area (Å²) in [4.78, 5) is 0. The second-order valence-corrected chi connectivity index (χ2v) is 4.72. The molecule has 110 valence electrons. The fourth-order valence-corrected chi connectivity index (χ4v) is 2.12. The highest BCUT2D eigenvalue weighted by Gasteiger charge is 2.12. The fraction of sp³-hybridized carbons (Fsp3) is 0.143. The molecule has 22 heavy (non-hydrogen) atoms. The molecule has 0 fully saturated rings. The topological polar surface area (TPSA) is 85.9 Å². The minimum Gasteiger partial charge on any atom is -0.454 e. The van der Waals surface area contributed by atoms with Crippen LogP contribution in [-0.2, 0) is 0 Å². The molecule has 0 bridgehead atoms. The molecule has 1 aliphatic heterocycles. The number of nitrogens with zero attached hydrogens (tertiary/aromatic N) is 5. The fourth-order valence-electron chi connectivity index (χ4n) is 2.12. The van der Waals surface area contributed by atoms with Gasteiger partial charge < -0.3 is 9.47 Å². The Morgan fingerprint density at radius 2 is 2.09 bits per heavy atom. The lowest BCUT2D eigenvalue weighted by Crippen LogP contribution is -2.00. The van der Waals surface area contributed by atoms with Crippen LogP contribution in [0.15, 0.2) is 35.4 Å². The zero-order valence-corrected chi connectivity index (χ0v) is 11.7. The average Bonchev–Trinajstić information content (AvgIpc) is 3.14. The highest BCUT2D eigenvalue weighted by Crippen LogP contribution is 2.31. The zero-order chi connectivity index (χ0) is 14.9. The van der Waals surface area contributed by atoms with E-state index in [1.165, 1.54) is 0 Å². The first kappa shape index (κ1) is 12.6. The van der Waals surface area contributed by atoms with Gasteiger partial charge in [-0.15, -0.1) is 15.3 Å². The molecular formula is C14H12N6O2. The SMILES string of the molecule is Cc1nnc2ccc(N/N=C/c3ccc4c(c3)OCO4)nn12. The summed E-state index contributed by atoms with van der Waals surface area (Å²) < 4.78 is 12.2. The van der Waals surface area contributed by atoms with Crippen LogP contribution in [0.25, 0.3) is 5.65 Å². The minimum atomic E-state index is 0.260. The number of hydrogen-bond donors (Lipinski definition) is 1. The van der Waals surface area contributed by atoms with Crippen molar-refractivity contribution in [2.75, 3.05) is 12.2 Å². The molecule has 0 unspecified atom stereocenters. The molecule has 0 radical (unpaired) electrons. The van der Waals surface area contributed by atoms with Crippen molar-refractivity contribution in [1.82, 2.24) is 19.8 Å². The molecular weight excluding hydrogens is 284 g/mol. The zero-order valence-electron chi connectivity index (χ0n) is 11.7. The first-order valence-electron chi connectivity index (χ1n) is 6.67. The van der Waals surface area contributed by atoms with Gasteiger partial charge in [0, 0.05) is 0 Å². The van der Waals surface area contributed by atoms with E-state index in [9.17, 15) is 0 Å². The van der Waals surface area contributed by atoms with Crippen LogP contribution in [0.1, 0.15) is 11.4 Å². The van der Waals surface area contributed by atoms with Gasteiger partial charge in [-0.1, -0.05) is 0 Å². The molecule has 4 rings (SSSR count). The Bertz CT molecular complexity index is 873. The number of fused-ring (bicyclic) bond motifs is 2. The number of hydrazone groups is 1. The third-order valence-corrected chi connectivity index (χ3v) is 3.21.